The van der Waals surface area contributed by atoms with Gasteiger partial charge in [0.25, 0.3) is 5.91 Å². The lowest BCUT2D eigenvalue weighted by Crippen LogP contribution is -2.44. The van der Waals surface area contributed by atoms with Gasteiger partial charge in [0.2, 0.25) is 10.0 Å². The van der Waals surface area contributed by atoms with Crippen LogP contribution >= 0.6 is 0 Å². The summed E-state index contributed by atoms with van der Waals surface area (Å²) in [5.41, 5.74) is 1.51. The molecular formula is C22H28N2O4S. The average Bonchev–Trinajstić information content (AvgIpc) is 2.72. The molecule has 1 aliphatic heterocycles. The smallest absolute Gasteiger partial charge is 0.251 e. The van der Waals surface area contributed by atoms with Gasteiger partial charge in [0, 0.05) is 24.6 Å². The van der Waals surface area contributed by atoms with Crippen LogP contribution in [0.2, 0.25) is 0 Å². The number of hydrogen-bond donors (Lipinski definition) is 1. The maximum absolute atomic E-state index is 13.0. The molecule has 2 aromatic carbocycles. The molecule has 1 heterocycles. The molecule has 1 N–H and O–H groups in total. The number of rotatable bonds is 6. The van der Waals surface area contributed by atoms with Crippen LogP contribution in [-0.2, 0) is 10.0 Å². The van der Waals surface area contributed by atoms with Gasteiger partial charge in [-0.2, -0.15) is 0 Å². The van der Waals surface area contributed by atoms with Crippen LogP contribution in [0.4, 0.5) is 5.69 Å². The van der Waals surface area contributed by atoms with Gasteiger partial charge in [0.15, 0.2) is 0 Å². The minimum Gasteiger partial charge on any atom is -0.487 e. The third-order valence-corrected chi connectivity index (χ3v) is 6.97. The van der Waals surface area contributed by atoms with E-state index in [1.54, 1.807) is 24.3 Å². The van der Waals surface area contributed by atoms with E-state index in [0.29, 0.717) is 17.7 Å². The van der Waals surface area contributed by atoms with Crippen molar-refractivity contribution in [2.24, 2.45) is 0 Å². The molecular weight excluding hydrogens is 388 g/mol. The Labute approximate surface area is 172 Å². The molecule has 0 spiro atoms. The van der Waals surface area contributed by atoms with Crippen LogP contribution in [0.3, 0.4) is 0 Å². The number of sulfonamides is 1. The number of fused-ring (bicyclic) bond motifs is 1. The van der Waals surface area contributed by atoms with Crippen LogP contribution in [0.25, 0.3) is 0 Å². The first kappa shape index (κ1) is 21.2. The topological polar surface area (TPSA) is 75.7 Å². The van der Waals surface area contributed by atoms with Gasteiger partial charge >= 0.3 is 0 Å². The summed E-state index contributed by atoms with van der Waals surface area (Å²) in [7, 11) is -1.93. The molecule has 3 rings (SSSR count). The highest BCUT2D eigenvalue weighted by atomic mass is 32.2. The number of benzene rings is 2. The second-order valence-corrected chi connectivity index (χ2v) is 9.55. The second-order valence-electron chi connectivity index (χ2n) is 7.54. The molecule has 1 atom stereocenters. The number of amides is 1. The Hall–Kier alpha value is -2.54. The van der Waals surface area contributed by atoms with E-state index >= 15 is 0 Å². The van der Waals surface area contributed by atoms with Crippen molar-refractivity contribution < 1.29 is 17.9 Å². The van der Waals surface area contributed by atoms with Crippen LogP contribution in [0, 0.1) is 0 Å². The van der Waals surface area contributed by atoms with Crippen LogP contribution in [0.1, 0.15) is 55.1 Å². The van der Waals surface area contributed by atoms with Crippen molar-refractivity contribution in [3.05, 3.63) is 59.7 Å². The van der Waals surface area contributed by atoms with Gasteiger partial charge in [0.1, 0.15) is 11.4 Å². The Morgan fingerprint density at radius 3 is 2.52 bits per heavy atom. The molecule has 1 aliphatic rings. The van der Waals surface area contributed by atoms with Gasteiger partial charge in [-0.3, -0.25) is 9.10 Å². The molecule has 6 nitrogen and oxygen atoms in total. The molecule has 0 aromatic heterocycles. The van der Waals surface area contributed by atoms with Crippen molar-refractivity contribution >= 4 is 21.6 Å². The molecule has 1 amide bonds. The lowest BCUT2D eigenvalue weighted by molar-refractivity contribution is 0.0227. The van der Waals surface area contributed by atoms with E-state index < -0.39 is 10.0 Å². The van der Waals surface area contributed by atoms with E-state index in [1.165, 1.54) is 7.05 Å². The third kappa shape index (κ3) is 4.40. The maximum atomic E-state index is 13.0. The lowest BCUT2D eigenvalue weighted by Gasteiger charge is -2.41. The highest BCUT2D eigenvalue weighted by Gasteiger charge is 2.39. The largest absolute Gasteiger partial charge is 0.487 e. The molecule has 0 saturated heterocycles. The Balaban J connectivity index is 1.89. The maximum Gasteiger partial charge on any atom is 0.251 e. The molecule has 156 valence electrons. The standard InChI is InChI=1S/C22H28N2O4S/c1-5-22(6-2)15-19(18-12-7-8-13-20(18)28-22)23-21(25)16-10-9-11-17(14-16)24(3)29(4,26)27/h7-14,19H,5-6,15H2,1-4H3,(H,23,25). The number of nitrogens with one attached hydrogen (secondary N) is 1. The average molecular weight is 417 g/mol. The molecule has 0 radical (unpaired) electrons. The van der Waals surface area contributed by atoms with Gasteiger partial charge < -0.3 is 10.1 Å². The molecule has 29 heavy (non-hydrogen) atoms. The van der Waals surface area contributed by atoms with Gasteiger partial charge in [-0.25, -0.2) is 8.42 Å². The van der Waals surface area contributed by atoms with E-state index in [0.717, 1.165) is 34.7 Å². The van der Waals surface area contributed by atoms with Gasteiger partial charge in [-0.05, 0) is 37.1 Å². The normalized spacial score (nSPS) is 17.7. The summed E-state index contributed by atoms with van der Waals surface area (Å²) in [6.07, 6.45) is 3.51. The molecule has 0 fully saturated rings. The molecule has 0 bridgehead atoms. The second kappa shape index (κ2) is 8.06. The fourth-order valence-electron chi connectivity index (χ4n) is 3.71. The zero-order valence-corrected chi connectivity index (χ0v) is 18.1. The van der Waals surface area contributed by atoms with E-state index in [1.807, 2.05) is 24.3 Å². The zero-order chi connectivity index (χ0) is 21.2. The Morgan fingerprint density at radius 1 is 1.17 bits per heavy atom. The summed E-state index contributed by atoms with van der Waals surface area (Å²) >= 11 is 0. The van der Waals surface area contributed by atoms with Crippen molar-refractivity contribution in [2.45, 2.75) is 44.8 Å². The first-order chi connectivity index (χ1) is 13.7. The quantitative estimate of drug-likeness (QED) is 0.775. The van der Waals surface area contributed by atoms with Crippen LogP contribution in [0.5, 0.6) is 5.75 Å². The van der Waals surface area contributed by atoms with Crippen molar-refractivity contribution in [2.75, 3.05) is 17.6 Å². The van der Waals surface area contributed by atoms with E-state index in [-0.39, 0.29) is 17.6 Å². The van der Waals surface area contributed by atoms with E-state index in [9.17, 15) is 13.2 Å². The fraction of sp³-hybridized carbons (Fsp3) is 0.409. The summed E-state index contributed by atoms with van der Waals surface area (Å²) in [5.74, 6) is 0.565. The van der Waals surface area contributed by atoms with Crippen LogP contribution < -0.4 is 14.4 Å². The first-order valence-electron chi connectivity index (χ1n) is 9.82. The Kier molecular flexibility index (Phi) is 5.89. The number of ether oxygens (including phenoxy) is 1. The number of hydrogen-bond acceptors (Lipinski definition) is 4. The lowest BCUT2D eigenvalue weighted by atomic mass is 9.83. The number of anilines is 1. The molecule has 2 aromatic rings. The van der Waals surface area contributed by atoms with E-state index in [4.69, 9.17) is 4.74 Å². The van der Waals surface area contributed by atoms with Crippen molar-refractivity contribution in [1.29, 1.82) is 0 Å². The molecule has 0 saturated carbocycles. The Morgan fingerprint density at radius 2 is 1.86 bits per heavy atom. The fourth-order valence-corrected chi connectivity index (χ4v) is 4.20. The van der Waals surface area contributed by atoms with Crippen LogP contribution in [-0.4, -0.2) is 33.2 Å². The monoisotopic (exact) mass is 416 g/mol. The first-order valence-corrected chi connectivity index (χ1v) is 11.7. The Bertz CT molecular complexity index is 999. The number of para-hydroxylation sites is 1. The van der Waals surface area contributed by atoms with Crippen LogP contribution in [0.15, 0.2) is 48.5 Å². The van der Waals surface area contributed by atoms with Gasteiger partial charge in [-0.15, -0.1) is 0 Å². The molecule has 7 heteroatoms. The van der Waals surface area contributed by atoms with Crippen molar-refractivity contribution in [3.63, 3.8) is 0 Å². The van der Waals surface area contributed by atoms with E-state index in [2.05, 4.69) is 19.2 Å². The minimum atomic E-state index is -3.40. The summed E-state index contributed by atoms with van der Waals surface area (Å²) in [6.45, 7) is 4.20. The molecule has 0 aliphatic carbocycles. The van der Waals surface area contributed by atoms with Gasteiger partial charge in [-0.1, -0.05) is 38.1 Å². The minimum absolute atomic E-state index is 0.177. The number of nitrogens with zero attached hydrogens (tertiary/aromatic N) is 1. The highest BCUT2D eigenvalue weighted by Crippen LogP contribution is 2.42. The summed E-state index contributed by atoms with van der Waals surface area (Å²) in [5, 5.41) is 3.13. The predicted molar refractivity (Wildman–Crippen MR) is 115 cm³/mol. The van der Waals surface area contributed by atoms with Crippen molar-refractivity contribution in [3.8, 4) is 5.75 Å². The zero-order valence-electron chi connectivity index (χ0n) is 17.3. The van der Waals surface area contributed by atoms with Gasteiger partial charge in [0.05, 0.1) is 18.0 Å². The summed E-state index contributed by atoms with van der Waals surface area (Å²) in [4.78, 5) is 13.0. The SMILES string of the molecule is CCC1(CC)CC(NC(=O)c2cccc(N(C)S(C)(=O)=O)c2)c2ccccc2O1. The third-order valence-electron chi connectivity index (χ3n) is 5.76. The highest BCUT2D eigenvalue weighted by molar-refractivity contribution is 7.92. The number of carbonyl (C=O) groups is 1. The molecule has 1 unspecified atom stereocenters. The summed E-state index contributed by atoms with van der Waals surface area (Å²) in [6, 6.07) is 14.2. The van der Waals surface area contributed by atoms with Crippen molar-refractivity contribution in [1.82, 2.24) is 5.32 Å². The predicted octanol–water partition coefficient (Wildman–Crippen LogP) is 3.89. The number of carbonyl (C=O) groups excluding carboxylic acids is 1. The summed E-state index contributed by atoms with van der Waals surface area (Å²) < 4.78 is 31.1.